The Hall–Kier alpha value is -1.76. The lowest BCUT2D eigenvalue weighted by molar-refractivity contribution is -0.122. The molecule has 0 aliphatic carbocycles. The fourth-order valence-electron chi connectivity index (χ4n) is 3.75. The van der Waals surface area contributed by atoms with Gasteiger partial charge in [0.15, 0.2) is 0 Å². The summed E-state index contributed by atoms with van der Waals surface area (Å²) in [5.74, 6) is 1.33. The van der Waals surface area contributed by atoms with E-state index in [9.17, 15) is 4.79 Å². The van der Waals surface area contributed by atoms with Gasteiger partial charge in [-0.2, -0.15) is 5.10 Å². The van der Waals surface area contributed by atoms with Gasteiger partial charge in [0.2, 0.25) is 11.9 Å². The van der Waals surface area contributed by atoms with Crippen molar-refractivity contribution in [2.75, 3.05) is 31.1 Å². The van der Waals surface area contributed by atoms with Crippen molar-refractivity contribution in [3.63, 3.8) is 0 Å². The summed E-state index contributed by atoms with van der Waals surface area (Å²) in [5.41, 5.74) is 2.05. The average molecular weight is 346 g/mol. The minimum atomic E-state index is 0.000859. The second-order valence-electron chi connectivity index (χ2n) is 7.06. The van der Waals surface area contributed by atoms with Crippen LogP contribution in [-0.2, 0) is 17.6 Å². The lowest BCUT2D eigenvalue weighted by Crippen LogP contribution is -2.46. The smallest absolute Gasteiger partial charge is 0.245 e. The van der Waals surface area contributed by atoms with Crippen molar-refractivity contribution in [2.24, 2.45) is 5.92 Å². The van der Waals surface area contributed by atoms with Crippen LogP contribution in [0.2, 0.25) is 0 Å². The van der Waals surface area contributed by atoms with E-state index in [1.807, 2.05) is 0 Å². The van der Waals surface area contributed by atoms with Crippen molar-refractivity contribution in [1.29, 1.82) is 0 Å². The molecule has 0 saturated carbocycles. The largest absolute Gasteiger partial charge is 0.354 e. The first-order valence-electron chi connectivity index (χ1n) is 9.69. The summed E-state index contributed by atoms with van der Waals surface area (Å²) in [4.78, 5) is 19.1. The van der Waals surface area contributed by atoms with E-state index >= 15 is 0 Å². The molecule has 7 nitrogen and oxygen atoms in total. The number of carbonyl (C=O) groups excluding carboxylic acids is 1. The van der Waals surface area contributed by atoms with Gasteiger partial charge in [-0.3, -0.25) is 4.79 Å². The standard InChI is InChI=1S/C18H30N6O/c1-3-14-15(4-2)22-23-18(21-14)24-10-6-7-13(12-24)11-20-17(25)16-8-5-9-19-16/h13,16,19H,3-12H2,1-2H3,(H,20,25). The van der Waals surface area contributed by atoms with Gasteiger partial charge >= 0.3 is 0 Å². The molecular formula is C18H30N6O. The van der Waals surface area contributed by atoms with Crippen LogP contribution in [-0.4, -0.2) is 53.3 Å². The molecule has 1 aromatic heterocycles. The van der Waals surface area contributed by atoms with Crippen LogP contribution in [0.1, 0.15) is 50.9 Å². The number of aryl methyl sites for hydroxylation is 2. The van der Waals surface area contributed by atoms with Crippen molar-refractivity contribution >= 4 is 11.9 Å². The van der Waals surface area contributed by atoms with Crippen LogP contribution < -0.4 is 15.5 Å². The number of nitrogens with zero attached hydrogens (tertiary/aromatic N) is 4. The Labute approximate surface area is 150 Å². The molecule has 1 amide bonds. The van der Waals surface area contributed by atoms with Gasteiger partial charge in [-0.1, -0.05) is 13.8 Å². The summed E-state index contributed by atoms with van der Waals surface area (Å²) in [6.45, 7) is 7.73. The number of nitrogens with one attached hydrogen (secondary N) is 2. The molecule has 2 saturated heterocycles. The topological polar surface area (TPSA) is 83.0 Å². The molecule has 7 heteroatoms. The quantitative estimate of drug-likeness (QED) is 0.802. The minimum Gasteiger partial charge on any atom is -0.354 e. The molecule has 2 unspecified atom stereocenters. The second-order valence-corrected chi connectivity index (χ2v) is 7.06. The van der Waals surface area contributed by atoms with Crippen molar-refractivity contribution < 1.29 is 4.79 Å². The Balaban J connectivity index is 1.56. The van der Waals surface area contributed by atoms with Crippen LogP contribution >= 0.6 is 0 Å². The predicted octanol–water partition coefficient (Wildman–Crippen LogP) is 1.08. The first kappa shape index (κ1) is 18.0. The number of amides is 1. The van der Waals surface area contributed by atoms with E-state index in [2.05, 4.69) is 39.6 Å². The Kier molecular flexibility index (Phi) is 6.18. The number of aromatic nitrogens is 3. The first-order chi connectivity index (χ1) is 12.2. The van der Waals surface area contributed by atoms with Crippen LogP contribution in [0, 0.1) is 5.92 Å². The van der Waals surface area contributed by atoms with E-state index in [1.54, 1.807) is 0 Å². The molecule has 2 N–H and O–H groups in total. The molecule has 2 fully saturated rings. The molecule has 3 rings (SSSR count). The molecule has 0 radical (unpaired) electrons. The lowest BCUT2D eigenvalue weighted by atomic mass is 9.98. The van der Waals surface area contributed by atoms with Gasteiger partial charge < -0.3 is 15.5 Å². The van der Waals surface area contributed by atoms with E-state index in [0.29, 0.717) is 5.92 Å². The fourth-order valence-corrected chi connectivity index (χ4v) is 3.75. The van der Waals surface area contributed by atoms with Crippen molar-refractivity contribution in [3.05, 3.63) is 11.4 Å². The Morgan fingerprint density at radius 2 is 2.04 bits per heavy atom. The highest BCUT2D eigenvalue weighted by molar-refractivity contribution is 5.81. The molecule has 25 heavy (non-hydrogen) atoms. The maximum absolute atomic E-state index is 12.2. The molecule has 0 spiro atoms. The van der Waals surface area contributed by atoms with Crippen molar-refractivity contribution in [3.8, 4) is 0 Å². The van der Waals surface area contributed by atoms with E-state index < -0.39 is 0 Å². The maximum Gasteiger partial charge on any atom is 0.245 e. The minimum absolute atomic E-state index is 0.000859. The summed E-state index contributed by atoms with van der Waals surface area (Å²) < 4.78 is 0. The normalized spacial score (nSPS) is 23.7. The highest BCUT2D eigenvalue weighted by Gasteiger charge is 2.26. The van der Waals surface area contributed by atoms with E-state index in [-0.39, 0.29) is 11.9 Å². The highest BCUT2D eigenvalue weighted by atomic mass is 16.2. The summed E-state index contributed by atoms with van der Waals surface area (Å²) in [7, 11) is 0. The van der Waals surface area contributed by atoms with Gasteiger partial charge in [-0.15, -0.1) is 5.10 Å². The van der Waals surface area contributed by atoms with Gasteiger partial charge in [-0.05, 0) is 51.0 Å². The Morgan fingerprint density at radius 1 is 1.20 bits per heavy atom. The Bertz CT molecular complexity index is 587. The molecule has 2 atom stereocenters. The zero-order valence-corrected chi connectivity index (χ0v) is 15.4. The summed E-state index contributed by atoms with van der Waals surface area (Å²) in [6, 6.07) is 0.000859. The molecule has 3 heterocycles. The lowest BCUT2D eigenvalue weighted by Gasteiger charge is -2.33. The number of hydrogen-bond donors (Lipinski definition) is 2. The molecule has 0 aromatic carbocycles. The van der Waals surface area contributed by atoms with E-state index in [0.717, 1.165) is 82.0 Å². The predicted molar refractivity (Wildman–Crippen MR) is 97.6 cm³/mol. The number of rotatable bonds is 6. The van der Waals surface area contributed by atoms with Gasteiger partial charge in [0.25, 0.3) is 0 Å². The van der Waals surface area contributed by atoms with Gasteiger partial charge in [0, 0.05) is 19.6 Å². The number of carbonyl (C=O) groups is 1. The van der Waals surface area contributed by atoms with Crippen LogP contribution in [0.15, 0.2) is 0 Å². The third-order valence-electron chi connectivity index (χ3n) is 5.24. The molecule has 0 bridgehead atoms. The van der Waals surface area contributed by atoms with Crippen LogP contribution in [0.3, 0.4) is 0 Å². The first-order valence-corrected chi connectivity index (χ1v) is 9.69. The van der Waals surface area contributed by atoms with E-state index in [4.69, 9.17) is 4.98 Å². The SMILES string of the molecule is CCc1nnc(N2CCCC(CNC(=O)C3CCCN3)C2)nc1CC. The van der Waals surface area contributed by atoms with Crippen LogP contribution in [0.5, 0.6) is 0 Å². The number of hydrogen-bond acceptors (Lipinski definition) is 6. The highest BCUT2D eigenvalue weighted by Crippen LogP contribution is 2.20. The number of piperidine rings is 1. The monoisotopic (exact) mass is 346 g/mol. The van der Waals surface area contributed by atoms with Gasteiger partial charge in [-0.25, -0.2) is 4.98 Å². The zero-order chi connectivity index (χ0) is 17.6. The van der Waals surface area contributed by atoms with Crippen molar-refractivity contribution in [2.45, 2.75) is 58.4 Å². The second kappa shape index (κ2) is 8.56. The molecule has 2 aliphatic heterocycles. The third-order valence-corrected chi connectivity index (χ3v) is 5.24. The average Bonchev–Trinajstić information content (AvgIpc) is 3.20. The zero-order valence-electron chi connectivity index (χ0n) is 15.4. The molecule has 1 aromatic rings. The van der Waals surface area contributed by atoms with Crippen LogP contribution in [0.4, 0.5) is 5.95 Å². The summed E-state index contributed by atoms with van der Waals surface area (Å²) in [6.07, 6.45) is 6.03. The Morgan fingerprint density at radius 3 is 2.76 bits per heavy atom. The van der Waals surface area contributed by atoms with Gasteiger partial charge in [0.1, 0.15) is 0 Å². The van der Waals surface area contributed by atoms with Gasteiger partial charge in [0.05, 0.1) is 17.4 Å². The summed E-state index contributed by atoms with van der Waals surface area (Å²) >= 11 is 0. The molecular weight excluding hydrogens is 316 g/mol. The number of anilines is 1. The molecule has 138 valence electrons. The summed E-state index contributed by atoms with van der Waals surface area (Å²) in [5, 5.41) is 15.1. The molecule has 2 aliphatic rings. The third kappa shape index (κ3) is 4.45. The maximum atomic E-state index is 12.2. The fraction of sp³-hybridized carbons (Fsp3) is 0.778. The van der Waals surface area contributed by atoms with Crippen LogP contribution in [0.25, 0.3) is 0 Å². The van der Waals surface area contributed by atoms with Crippen molar-refractivity contribution in [1.82, 2.24) is 25.8 Å². The van der Waals surface area contributed by atoms with E-state index in [1.165, 1.54) is 0 Å².